The Morgan fingerprint density at radius 1 is 1.50 bits per heavy atom. The highest BCUT2D eigenvalue weighted by Crippen LogP contribution is 2.28. The molecular formula is C11H14FNO. The lowest BCUT2D eigenvalue weighted by Gasteiger charge is -2.18. The number of ketones is 1. The first kappa shape index (κ1) is 10.8. The molecule has 76 valence electrons. The number of alkyl halides is 1. The molecule has 0 aliphatic rings. The fourth-order valence-electron chi connectivity index (χ4n) is 1.53. The minimum Gasteiger partial charge on any atom is -0.293 e. The first-order valence-corrected chi connectivity index (χ1v) is 4.50. The van der Waals surface area contributed by atoms with Gasteiger partial charge in [0.2, 0.25) is 0 Å². The number of halogens is 1. The van der Waals surface area contributed by atoms with E-state index in [0.29, 0.717) is 16.8 Å². The SMILES string of the molecule is CC(=O)c1nccc(C(C)(C)F)c1C. The Bertz CT molecular complexity index is 366. The molecule has 1 heterocycles. The number of hydrogen-bond acceptors (Lipinski definition) is 2. The summed E-state index contributed by atoms with van der Waals surface area (Å²) < 4.78 is 13.7. The Hall–Kier alpha value is -1.25. The van der Waals surface area contributed by atoms with E-state index in [9.17, 15) is 9.18 Å². The molecule has 0 aliphatic carbocycles. The van der Waals surface area contributed by atoms with Gasteiger partial charge >= 0.3 is 0 Å². The van der Waals surface area contributed by atoms with Gasteiger partial charge in [-0.05, 0) is 38.0 Å². The van der Waals surface area contributed by atoms with Crippen molar-refractivity contribution in [1.29, 1.82) is 0 Å². The molecule has 0 saturated carbocycles. The van der Waals surface area contributed by atoms with Gasteiger partial charge in [0.25, 0.3) is 0 Å². The smallest absolute Gasteiger partial charge is 0.178 e. The normalized spacial score (nSPS) is 11.5. The molecule has 2 nitrogen and oxygen atoms in total. The van der Waals surface area contributed by atoms with E-state index in [1.165, 1.54) is 27.0 Å². The van der Waals surface area contributed by atoms with Crippen molar-refractivity contribution in [2.75, 3.05) is 0 Å². The van der Waals surface area contributed by atoms with Gasteiger partial charge in [-0.25, -0.2) is 4.39 Å². The average molecular weight is 195 g/mol. The maximum Gasteiger partial charge on any atom is 0.178 e. The largest absolute Gasteiger partial charge is 0.293 e. The summed E-state index contributed by atoms with van der Waals surface area (Å²) in [5.41, 5.74) is 0.0791. The Morgan fingerprint density at radius 3 is 2.50 bits per heavy atom. The molecule has 1 aromatic heterocycles. The van der Waals surface area contributed by atoms with E-state index < -0.39 is 5.67 Å². The van der Waals surface area contributed by atoms with Crippen molar-refractivity contribution in [3.8, 4) is 0 Å². The lowest BCUT2D eigenvalue weighted by atomic mass is 9.94. The molecule has 0 radical (unpaired) electrons. The monoisotopic (exact) mass is 195 g/mol. The number of carbonyl (C=O) groups excluding carboxylic acids is 1. The minimum atomic E-state index is -1.43. The van der Waals surface area contributed by atoms with Gasteiger partial charge in [0.05, 0.1) is 0 Å². The number of rotatable bonds is 2. The third-order valence-electron chi connectivity index (χ3n) is 2.18. The fraction of sp³-hybridized carbons (Fsp3) is 0.455. The molecule has 1 aromatic rings. The Labute approximate surface area is 83.2 Å². The number of carbonyl (C=O) groups is 1. The van der Waals surface area contributed by atoms with Crippen LogP contribution >= 0.6 is 0 Å². The molecule has 0 unspecified atom stereocenters. The van der Waals surface area contributed by atoms with Gasteiger partial charge in [0.15, 0.2) is 5.78 Å². The second kappa shape index (κ2) is 3.48. The van der Waals surface area contributed by atoms with Gasteiger partial charge in [0.1, 0.15) is 11.4 Å². The Kier molecular flexibility index (Phi) is 2.69. The second-order valence-electron chi connectivity index (χ2n) is 3.86. The number of hydrogen-bond donors (Lipinski definition) is 0. The first-order chi connectivity index (χ1) is 6.34. The molecule has 0 N–H and O–H groups in total. The van der Waals surface area contributed by atoms with Gasteiger partial charge in [0, 0.05) is 13.1 Å². The van der Waals surface area contributed by atoms with E-state index in [0.717, 1.165) is 0 Å². The molecule has 0 aliphatic heterocycles. The van der Waals surface area contributed by atoms with E-state index in [1.807, 2.05) is 0 Å². The third-order valence-corrected chi connectivity index (χ3v) is 2.18. The van der Waals surface area contributed by atoms with Crippen LogP contribution in [0.5, 0.6) is 0 Å². The van der Waals surface area contributed by atoms with Gasteiger partial charge in [-0.3, -0.25) is 9.78 Å². The van der Waals surface area contributed by atoms with Crippen LogP contribution in [0.25, 0.3) is 0 Å². The molecule has 0 bridgehead atoms. The van der Waals surface area contributed by atoms with Crippen LogP contribution in [0.4, 0.5) is 4.39 Å². The summed E-state index contributed by atoms with van der Waals surface area (Å²) >= 11 is 0. The first-order valence-electron chi connectivity index (χ1n) is 4.50. The highest BCUT2D eigenvalue weighted by molar-refractivity contribution is 5.93. The lowest BCUT2D eigenvalue weighted by Crippen LogP contribution is -2.14. The van der Waals surface area contributed by atoms with Crippen molar-refractivity contribution >= 4 is 5.78 Å². The van der Waals surface area contributed by atoms with Crippen molar-refractivity contribution in [3.63, 3.8) is 0 Å². The Morgan fingerprint density at radius 2 is 2.07 bits per heavy atom. The molecule has 0 spiro atoms. The van der Waals surface area contributed by atoms with Crippen molar-refractivity contribution < 1.29 is 9.18 Å². The molecule has 3 heteroatoms. The summed E-state index contributed by atoms with van der Waals surface area (Å²) in [6.45, 7) is 6.10. The van der Waals surface area contributed by atoms with Crippen LogP contribution in [0.2, 0.25) is 0 Å². The van der Waals surface area contributed by atoms with E-state index in [-0.39, 0.29) is 5.78 Å². The lowest BCUT2D eigenvalue weighted by molar-refractivity contribution is 0.101. The maximum absolute atomic E-state index is 13.7. The number of aromatic nitrogens is 1. The second-order valence-corrected chi connectivity index (χ2v) is 3.86. The quantitative estimate of drug-likeness (QED) is 0.679. The van der Waals surface area contributed by atoms with Crippen molar-refractivity contribution in [2.24, 2.45) is 0 Å². The average Bonchev–Trinajstić information content (AvgIpc) is 2.01. The van der Waals surface area contributed by atoms with Crippen LogP contribution < -0.4 is 0 Å². The highest BCUT2D eigenvalue weighted by atomic mass is 19.1. The van der Waals surface area contributed by atoms with Gasteiger partial charge < -0.3 is 0 Å². The van der Waals surface area contributed by atoms with E-state index in [1.54, 1.807) is 13.0 Å². The third kappa shape index (κ3) is 1.97. The van der Waals surface area contributed by atoms with Gasteiger partial charge in [-0.2, -0.15) is 0 Å². The molecule has 0 saturated heterocycles. The van der Waals surface area contributed by atoms with E-state index >= 15 is 0 Å². The van der Waals surface area contributed by atoms with E-state index in [2.05, 4.69) is 4.98 Å². The zero-order chi connectivity index (χ0) is 10.9. The van der Waals surface area contributed by atoms with E-state index in [4.69, 9.17) is 0 Å². The molecule has 1 rings (SSSR count). The van der Waals surface area contributed by atoms with Crippen LogP contribution in [-0.2, 0) is 5.67 Å². The summed E-state index contributed by atoms with van der Waals surface area (Å²) in [4.78, 5) is 15.1. The van der Waals surface area contributed by atoms with Crippen molar-refractivity contribution in [2.45, 2.75) is 33.4 Å². The predicted octanol–water partition coefficient (Wildman–Crippen LogP) is 2.80. The summed E-state index contributed by atoms with van der Waals surface area (Å²) in [6.07, 6.45) is 1.47. The molecule has 0 fully saturated rings. The van der Waals surface area contributed by atoms with Crippen LogP contribution in [0.1, 0.15) is 42.4 Å². The summed E-state index contributed by atoms with van der Waals surface area (Å²) in [5.74, 6) is -0.131. The molecular weight excluding hydrogens is 181 g/mol. The number of Topliss-reactive ketones (excluding diaryl/α,β-unsaturated/α-hetero) is 1. The van der Waals surface area contributed by atoms with Gasteiger partial charge in [-0.15, -0.1) is 0 Å². The summed E-state index contributed by atoms with van der Waals surface area (Å²) in [6, 6.07) is 1.61. The van der Waals surface area contributed by atoms with Crippen LogP contribution in [0, 0.1) is 6.92 Å². The predicted molar refractivity (Wildman–Crippen MR) is 53.1 cm³/mol. The van der Waals surface area contributed by atoms with Crippen LogP contribution in [0.15, 0.2) is 12.3 Å². The van der Waals surface area contributed by atoms with Crippen LogP contribution in [0.3, 0.4) is 0 Å². The molecule has 0 atom stereocenters. The van der Waals surface area contributed by atoms with Crippen LogP contribution in [-0.4, -0.2) is 10.8 Å². The highest BCUT2D eigenvalue weighted by Gasteiger charge is 2.23. The maximum atomic E-state index is 13.7. The number of pyridine rings is 1. The van der Waals surface area contributed by atoms with Crippen molar-refractivity contribution in [1.82, 2.24) is 4.98 Å². The zero-order valence-electron chi connectivity index (χ0n) is 8.89. The summed E-state index contributed by atoms with van der Waals surface area (Å²) in [5, 5.41) is 0. The molecule has 0 aromatic carbocycles. The zero-order valence-corrected chi connectivity index (χ0v) is 8.89. The standard InChI is InChI=1S/C11H14FNO/c1-7-9(11(3,4)12)5-6-13-10(7)8(2)14/h5-6H,1-4H3. The minimum absolute atomic E-state index is 0.131. The summed E-state index contributed by atoms with van der Waals surface area (Å²) in [7, 11) is 0. The van der Waals surface area contributed by atoms with Gasteiger partial charge in [-0.1, -0.05) is 0 Å². The molecule has 14 heavy (non-hydrogen) atoms. The fourth-order valence-corrected chi connectivity index (χ4v) is 1.53. The Balaban J connectivity index is 3.35. The molecule has 0 amide bonds. The topological polar surface area (TPSA) is 30.0 Å². The number of nitrogens with zero attached hydrogens (tertiary/aromatic N) is 1. The van der Waals surface area contributed by atoms with Crippen molar-refractivity contribution in [3.05, 3.63) is 29.1 Å².